The van der Waals surface area contributed by atoms with Gasteiger partial charge in [-0.15, -0.1) is 11.3 Å². The van der Waals surface area contributed by atoms with Gasteiger partial charge in [-0.1, -0.05) is 13.0 Å². The smallest absolute Gasteiger partial charge is 0.0618 e. The molecule has 1 atom stereocenters. The van der Waals surface area contributed by atoms with Crippen LogP contribution in [0, 0.1) is 0 Å². The second-order valence-corrected chi connectivity index (χ2v) is 5.21. The zero-order chi connectivity index (χ0) is 12.5. The van der Waals surface area contributed by atoms with Crippen LogP contribution in [0.4, 0.5) is 0 Å². The summed E-state index contributed by atoms with van der Waals surface area (Å²) >= 11 is 1.82. The predicted octanol–water partition coefficient (Wildman–Crippen LogP) is 2.32. The van der Waals surface area contributed by atoms with Gasteiger partial charge in [0.2, 0.25) is 0 Å². The number of hydrogen-bond donors (Lipinski definition) is 1. The molecule has 0 spiro atoms. The highest BCUT2D eigenvalue weighted by atomic mass is 32.1. The first-order valence-corrected chi connectivity index (χ1v) is 7.15. The Morgan fingerprint density at radius 2 is 2.35 bits per heavy atom. The van der Waals surface area contributed by atoms with E-state index >= 15 is 0 Å². The lowest BCUT2D eigenvalue weighted by molar-refractivity contribution is 0.0832. The molecular formula is C13H24N2OS. The molecule has 98 valence electrons. The Hall–Kier alpha value is -0.420. The lowest BCUT2D eigenvalue weighted by Gasteiger charge is -2.29. The molecule has 0 saturated carbocycles. The Bertz CT molecular complexity index is 277. The molecule has 0 saturated heterocycles. The number of hydrogen-bond acceptors (Lipinski definition) is 4. The lowest BCUT2D eigenvalue weighted by atomic mass is 10.1. The third kappa shape index (κ3) is 5.17. The van der Waals surface area contributed by atoms with Gasteiger partial charge in [-0.05, 0) is 37.4 Å². The highest BCUT2D eigenvalue weighted by molar-refractivity contribution is 7.09. The van der Waals surface area contributed by atoms with Gasteiger partial charge in [-0.25, -0.2) is 0 Å². The monoisotopic (exact) mass is 256 g/mol. The third-order valence-electron chi connectivity index (χ3n) is 2.96. The van der Waals surface area contributed by atoms with Gasteiger partial charge in [0.25, 0.3) is 0 Å². The van der Waals surface area contributed by atoms with Crippen molar-refractivity contribution in [2.75, 3.05) is 26.8 Å². The Kier molecular flexibility index (Phi) is 7.44. The van der Waals surface area contributed by atoms with Crippen LogP contribution in [-0.4, -0.2) is 37.7 Å². The van der Waals surface area contributed by atoms with E-state index in [4.69, 9.17) is 10.5 Å². The molecule has 1 aromatic heterocycles. The SMILES string of the molecule is CCN(Cc1cccs1)C(CCCN)COC. The normalized spacial score (nSPS) is 13.2. The average Bonchev–Trinajstić information content (AvgIpc) is 2.84. The van der Waals surface area contributed by atoms with E-state index in [2.05, 4.69) is 29.3 Å². The molecule has 0 aromatic carbocycles. The molecule has 1 aromatic rings. The van der Waals surface area contributed by atoms with Crippen LogP contribution < -0.4 is 5.73 Å². The number of rotatable bonds is 9. The molecule has 0 fully saturated rings. The molecule has 1 unspecified atom stereocenters. The van der Waals surface area contributed by atoms with Crippen LogP contribution in [0.5, 0.6) is 0 Å². The van der Waals surface area contributed by atoms with E-state index in [1.54, 1.807) is 7.11 Å². The van der Waals surface area contributed by atoms with E-state index in [1.807, 2.05) is 11.3 Å². The van der Waals surface area contributed by atoms with E-state index in [-0.39, 0.29) is 0 Å². The number of nitrogens with zero attached hydrogens (tertiary/aromatic N) is 1. The fraction of sp³-hybridized carbons (Fsp3) is 0.692. The number of nitrogens with two attached hydrogens (primary N) is 1. The van der Waals surface area contributed by atoms with Crippen LogP contribution in [-0.2, 0) is 11.3 Å². The molecule has 4 heteroatoms. The fourth-order valence-electron chi connectivity index (χ4n) is 2.02. The van der Waals surface area contributed by atoms with Crippen molar-refractivity contribution in [3.8, 4) is 0 Å². The zero-order valence-electron chi connectivity index (χ0n) is 10.9. The molecule has 1 heterocycles. The Balaban J connectivity index is 2.53. The van der Waals surface area contributed by atoms with Crippen molar-refractivity contribution in [1.29, 1.82) is 0 Å². The standard InChI is InChI=1S/C13H24N2OS/c1-3-15(10-13-7-5-9-17-13)12(11-16-2)6-4-8-14/h5,7,9,12H,3-4,6,8,10-11,14H2,1-2H3. The van der Waals surface area contributed by atoms with Crippen LogP contribution in [0.15, 0.2) is 17.5 Å². The highest BCUT2D eigenvalue weighted by Gasteiger charge is 2.17. The van der Waals surface area contributed by atoms with Crippen molar-refractivity contribution in [2.45, 2.75) is 32.4 Å². The lowest BCUT2D eigenvalue weighted by Crippen LogP contribution is -2.38. The molecule has 17 heavy (non-hydrogen) atoms. The van der Waals surface area contributed by atoms with Crippen LogP contribution in [0.25, 0.3) is 0 Å². The van der Waals surface area contributed by atoms with Crippen LogP contribution in [0.3, 0.4) is 0 Å². The molecule has 3 nitrogen and oxygen atoms in total. The first-order chi connectivity index (χ1) is 8.31. The van der Waals surface area contributed by atoms with E-state index in [1.165, 1.54) is 4.88 Å². The van der Waals surface area contributed by atoms with E-state index in [0.29, 0.717) is 6.04 Å². The second kappa shape index (κ2) is 8.64. The van der Waals surface area contributed by atoms with Gasteiger partial charge in [0.15, 0.2) is 0 Å². The summed E-state index contributed by atoms with van der Waals surface area (Å²) in [6, 6.07) is 4.79. The van der Waals surface area contributed by atoms with E-state index in [9.17, 15) is 0 Å². The zero-order valence-corrected chi connectivity index (χ0v) is 11.7. The van der Waals surface area contributed by atoms with Crippen molar-refractivity contribution in [2.24, 2.45) is 5.73 Å². The molecule has 0 amide bonds. The predicted molar refractivity (Wildman–Crippen MR) is 74.4 cm³/mol. The van der Waals surface area contributed by atoms with Crippen molar-refractivity contribution >= 4 is 11.3 Å². The quantitative estimate of drug-likeness (QED) is 0.737. The Labute approximate surface area is 109 Å². The van der Waals surface area contributed by atoms with Gasteiger partial charge in [0.05, 0.1) is 6.61 Å². The topological polar surface area (TPSA) is 38.5 Å². The number of thiophene rings is 1. The minimum Gasteiger partial charge on any atom is -0.383 e. The molecule has 0 bridgehead atoms. The maximum absolute atomic E-state index is 5.59. The summed E-state index contributed by atoms with van der Waals surface area (Å²) in [5, 5.41) is 2.13. The van der Waals surface area contributed by atoms with Gasteiger partial charge in [-0.2, -0.15) is 0 Å². The van der Waals surface area contributed by atoms with E-state index < -0.39 is 0 Å². The van der Waals surface area contributed by atoms with E-state index in [0.717, 1.165) is 39.1 Å². The molecule has 0 aliphatic heterocycles. The Morgan fingerprint density at radius 3 is 2.88 bits per heavy atom. The summed E-state index contributed by atoms with van der Waals surface area (Å²) in [6.45, 7) is 5.83. The molecule has 2 N–H and O–H groups in total. The Morgan fingerprint density at radius 1 is 1.53 bits per heavy atom. The summed E-state index contributed by atoms with van der Waals surface area (Å²) in [4.78, 5) is 3.89. The van der Waals surface area contributed by atoms with Crippen LogP contribution in [0.2, 0.25) is 0 Å². The van der Waals surface area contributed by atoms with Crippen LogP contribution >= 0.6 is 11.3 Å². The minimum atomic E-state index is 0.482. The van der Waals surface area contributed by atoms with Gasteiger partial charge >= 0.3 is 0 Å². The summed E-state index contributed by atoms with van der Waals surface area (Å²) in [7, 11) is 1.77. The number of methoxy groups -OCH3 is 1. The molecule has 0 aliphatic carbocycles. The van der Waals surface area contributed by atoms with Gasteiger partial charge in [0, 0.05) is 24.6 Å². The largest absolute Gasteiger partial charge is 0.383 e. The molecule has 0 aliphatic rings. The average molecular weight is 256 g/mol. The van der Waals surface area contributed by atoms with Gasteiger partial charge in [0.1, 0.15) is 0 Å². The summed E-state index contributed by atoms with van der Waals surface area (Å²) in [5.41, 5.74) is 5.59. The first kappa shape index (κ1) is 14.6. The maximum atomic E-state index is 5.59. The number of ether oxygens (including phenoxy) is 1. The van der Waals surface area contributed by atoms with Crippen molar-refractivity contribution in [3.05, 3.63) is 22.4 Å². The third-order valence-corrected chi connectivity index (χ3v) is 3.82. The van der Waals surface area contributed by atoms with Crippen molar-refractivity contribution in [1.82, 2.24) is 4.90 Å². The minimum absolute atomic E-state index is 0.482. The van der Waals surface area contributed by atoms with Crippen molar-refractivity contribution in [3.63, 3.8) is 0 Å². The summed E-state index contributed by atoms with van der Waals surface area (Å²) in [6.07, 6.45) is 2.18. The fourth-order valence-corrected chi connectivity index (χ4v) is 2.75. The molecular weight excluding hydrogens is 232 g/mol. The number of likely N-dealkylation sites (N-methyl/N-ethyl adjacent to an activating group) is 1. The van der Waals surface area contributed by atoms with Gasteiger partial charge < -0.3 is 10.5 Å². The van der Waals surface area contributed by atoms with Crippen molar-refractivity contribution < 1.29 is 4.74 Å². The van der Waals surface area contributed by atoms with Gasteiger partial charge in [-0.3, -0.25) is 4.90 Å². The molecule has 1 rings (SSSR count). The maximum Gasteiger partial charge on any atom is 0.0618 e. The first-order valence-electron chi connectivity index (χ1n) is 6.27. The summed E-state index contributed by atoms with van der Waals surface area (Å²) < 4.78 is 5.32. The summed E-state index contributed by atoms with van der Waals surface area (Å²) in [5.74, 6) is 0. The van der Waals surface area contributed by atoms with Crippen LogP contribution in [0.1, 0.15) is 24.6 Å². The molecule has 0 radical (unpaired) electrons. The highest BCUT2D eigenvalue weighted by Crippen LogP contribution is 2.16. The second-order valence-electron chi connectivity index (χ2n) is 4.18.